The molecule has 0 radical (unpaired) electrons. The van der Waals surface area contributed by atoms with Crippen LogP contribution >= 0.6 is 0 Å². The number of hydrogen-bond donors (Lipinski definition) is 2. The third-order valence-corrected chi connectivity index (χ3v) is 3.74. The molecule has 0 saturated heterocycles. The van der Waals surface area contributed by atoms with Gasteiger partial charge in [-0.05, 0) is 38.1 Å². The van der Waals surface area contributed by atoms with Crippen molar-refractivity contribution in [3.8, 4) is 0 Å². The Morgan fingerprint density at radius 1 is 0.643 bits per heavy atom. The molecule has 0 aliphatic rings. The second kappa shape index (κ2) is 9.03. The Hall–Kier alpha value is -3.36. The number of hydrogen-bond acceptors (Lipinski definition) is 8. The lowest BCUT2D eigenvalue weighted by Crippen LogP contribution is -2.43. The van der Waals surface area contributed by atoms with Crippen molar-refractivity contribution in [2.45, 2.75) is 26.1 Å². The molecule has 0 bridgehead atoms. The van der Waals surface area contributed by atoms with E-state index in [9.17, 15) is 29.4 Å². The van der Waals surface area contributed by atoms with Crippen molar-refractivity contribution in [2.75, 3.05) is 0 Å². The molecule has 146 valence electrons. The maximum absolute atomic E-state index is 11.8. The van der Waals surface area contributed by atoms with Crippen LogP contribution in [0.1, 0.15) is 31.8 Å². The van der Waals surface area contributed by atoms with Crippen LogP contribution in [-0.4, -0.2) is 46.3 Å². The van der Waals surface area contributed by atoms with Gasteiger partial charge in [0.05, 0.1) is 11.1 Å². The number of benzene rings is 2. The highest BCUT2D eigenvalue weighted by atomic mass is 16.6. The number of rotatable bonds is 5. The van der Waals surface area contributed by atoms with Crippen LogP contribution in [0.15, 0.2) is 48.5 Å². The van der Waals surface area contributed by atoms with Crippen LogP contribution < -0.4 is 0 Å². The van der Waals surface area contributed by atoms with Gasteiger partial charge in [-0.25, -0.2) is 19.2 Å². The van der Waals surface area contributed by atoms with Gasteiger partial charge in [0.1, 0.15) is 0 Å². The van der Waals surface area contributed by atoms with Crippen LogP contribution in [0.4, 0.5) is 0 Å². The molecule has 8 nitrogen and oxygen atoms in total. The molecule has 2 rings (SSSR count). The minimum atomic E-state index is -2.41. The smallest absolute Gasteiger partial charge is 0.346 e. The van der Waals surface area contributed by atoms with E-state index in [-0.39, 0.29) is 11.1 Å². The van der Waals surface area contributed by atoms with Crippen LogP contribution in [0.2, 0.25) is 0 Å². The molecule has 8 heteroatoms. The van der Waals surface area contributed by atoms with Gasteiger partial charge in [0.25, 0.3) is 0 Å². The van der Waals surface area contributed by atoms with E-state index in [2.05, 4.69) is 9.47 Å². The monoisotopic (exact) mass is 386 g/mol. The molecule has 0 heterocycles. The topological polar surface area (TPSA) is 127 Å². The zero-order valence-electron chi connectivity index (χ0n) is 15.1. The number of aliphatic hydroxyl groups is 2. The lowest BCUT2D eigenvalue weighted by molar-refractivity contribution is -0.166. The Labute approximate surface area is 160 Å². The largest absolute Gasteiger partial charge is 0.387 e. The van der Waals surface area contributed by atoms with Crippen molar-refractivity contribution < 1.29 is 38.9 Å². The molecule has 2 N–H and O–H groups in total. The summed E-state index contributed by atoms with van der Waals surface area (Å²) in [5, 5.41) is 19.5. The van der Waals surface area contributed by atoms with Gasteiger partial charge in [-0.1, -0.05) is 35.4 Å². The highest BCUT2D eigenvalue weighted by Gasteiger charge is 2.35. The molecule has 2 atom stereocenters. The number of ether oxygens (including phenoxy) is 2. The molecule has 0 unspecified atom stereocenters. The van der Waals surface area contributed by atoms with E-state index < -0.39 is 36.1 Å². The minimum absolute atomic E-state index is 0.0396. The number of carbonyl (C=O) groups is 4. The summed E-state index contributed by atoms with van der Waals surface area (Å²) in [4.78, 5) is 47.3. The molecule has 0 aliphatic heterocycles. The summed E-state index contributed by atoms with van der Waals surface area (Å²) in [5.74, 6) is -5.25. The van der Waals surface area contributed by atoms with Crippen molar-refractivity contribution in [3.05, 3.63) is 70.8 Å². The summed E-state index contributed by atoms with van der Waals surface area (Å²) in [7, 11) is 0. The van der Waals surface area contributed by atoms with Crippen molar-refractivity contribution in [1.29, 1.82) is 0 Å². The highest BCUT2D eigenvalue weighted by molar-refractivity contribution is 6.01. The van der Waals surface area contributed by atoms with Gasteiger partial charge in [0, 0.05) is 0 Å². The van der Waals surface area contributed by atoms with E-state index >= 15 is 0 Å². The molecule has 0 aromatic heterocycles. The molecular weight excluding hydrogens is 368 g/mol. The predicted molar refractivity (Wildman–Crippen MR) is 95.2 cm³/mol. The van der Waals surface area contributed by atoms with Crippen molar-refractivity contribution >= 4 is 23.9 Å². The normalized spacial score (nSPS) is 12.6. The average Bonchev–Trinajstić information content (AvgIpc) is 2.67. The van der Waals surface area contributed by atoms with Crippen LogP contribution in [-0.2, 0) is 19.1 Å². The number of aliphatic hydroxyl groups excluding tert-OH is 2. The lowest BCUT2D eigenvalue weighted by Gasteiger charge is -2.14. The molecule has 0 saturated carbocycles. The zero-order valence-corrected chi connectivity index (χ0v) is 15.1. The predicted octanol–water partition coefficient (Wildman–Crippen LogP) is 1.09. The first kappa shape index (κ1) is 20.9. The second-order valence-electron chi connectivity index (χ2n) is 6.04. The van der Waals surface area contributed by atoms with E-state index in [1.54, 1.807) is 38.1 Å². The number of esters is 4. The van der Waals surface area contributed by atoms with Crippen LogP contribution in [0, 0.1) is 13.8 Å². The van der Waals surface area contributed by atoms with Crippen LogP contribution in [0.3, 0.4) is 0 Å². The second-order valence-corrected chi connectivity index (χ2v) is 6.04. The standard InChI is InChI=1S/C20H18O8/c1-11-3-7-13(8-4-11)17(23)27-19(25)15(21)16(22)20(26)28-18(24)14-9-5-12(2)6-10-14/h3-10,15-16,21-22H,1-2H3/t15-,16+. The van der Waals surface area contributed by atoms with Gasteiger partial charge in [-0.3, -0.25) is 0 Å². The number of carbonyl (C=O) groups excluding carboxylic acids is 4. The minimum Gasteiger partial charge on any atom is -0.387 e. The summed E-state index contributed by atoms with van der Waals surface area (Å²) in [6.45, 7) is 3.59. The highest BCUT2D eigenvalue weighted by Crippen LogP contribution is 2.09. The Bertz CT molecular complexity index is 808. The van der Waals surface area contributed by atoms with Gasteiger partial charge >= 0.3 is 23.9 Å². The third kappa shape index (κ3) is 5.32. The summed E-state index contributed by atoms with van der Waals surface area (Å²) in [6, 6.07) is 12.1. The Morgan fingerprint density at radius 2 is 0.929 bits per heavy atom. The van der Waals surface area contributed by atoms with E-state index in [0.717, 1.165) is 11.1 Å². The molecule has 28 heavy (non-hydrogen) atoms. The molecule has 2 aromatic carbocycles. The van der Waals surface area contributed by atoms with E-state index in [4.69, 9.17) is 0 Å². The Morgan fingerprint density at radius 3 is 1.21 bits per heavy atom. The molecule has 0 amide bonds. The molecular formula is C20H18O8. The SMILES string of the molecule is Cc1ccc(C(=O)OC(=O)[C@@H](O)[C@@H](O)C(=O)OC(=O)c2ccc(C)cc2)cc1. The molecule has 0 aliphatic carbocycles. The quantitative estimate of drug-likeness (QED) is 0.577. The maximum Gasteiger partial charge on any atom is 0.346 e. The summed E-state index contributed by atoms with van der Waals surface area (Å²) in [5.41, 5.74) is 1.83. The Kier molecular flexibility index (Phi) is 6.75. The van der Waals surface area contributed by atoms with Gasteiger partial charge < -0.3 is 19.7 Å². The van der Waals surface area contributed by atoms with E-state index in [1.807, 2.05) is 0 Å². The van der Waals surface area contributed by atoms with E-state index in [0.29, 0.717) is 0 Å². The molecule has 0 spiro atoms. The van der Waals surface area contributed by atoms with E-state index in [1.165, 1.54) is 24.3 Å². The van der Waals surface area contributed by atoms with Gasteiger partial charge in [0.2, 0.25) is 0 Å². The first-order chi connectivity index (χ1) is 13.2. The fourth-order valence-corrected chi connectivity index (χ4v) is 2.06. The first-order valence-electron chi connectivity index (χ1n) is 8.20. The molecule has 0 fully saturated rings. The Balaban J connectivity index is 1.95. The summed E-state index contributed by atoms with van der Waals surface area (Å²) in [6.07, 6.45) is -4.82. The maximum atomic E-state index is 11.8. The van der Waals surface area contributed by atoms with Crippen LogP contribution in [0.5, 0.6) is 0 Å². The fourth-order valence-electron chi connectivity index (χ4n) is 2.06. The van der Waals surface area contributed by atoms with Gasteiger partial charge in [0.15, 0.2) is 12.2 Å². The first-order valence-corrected chi connectivity index (χ1v) is 8.20. The fraction of sp³-hybridized carbons (Fsp3) is 0.200. The van der Waals surface area contributed by atoms with Gasteiger partial charge in [-0.2, -0.15) is 0 Å². The average molecular weight is 386 g/mol. The van der Waals surface area contributed by atoms with Gasteiger partial charge in [-0.15, -0.1) is 0 Å². The lowest BCUT2D eigenvalue weighted by atomic mass is 10.1. The van der Waals surface area contributed by atoms with Crippen LogP contribution in [0.25, 0.3) is 0 Å². The van der Waals surface area contributed by atoms with Crippen molar-refractivity contribution in [3.63, 3.8) is 0 Å². The molecule has 2 aromatic rings. The third-order valence-electron chi connectivity index (χ3n) is 3.74. The van der Waals surface area contributed by atoms with Crippen molar-refractivity contribution in [2.24, 2.45) is 0 Å². The summed E-state index contributed by atoms with van der Waals surface area (Å²) < 4.78 is 8.86. The zero-order chi connectivity index (χ0) is 20.8. The van der Waals surface area contributed by atoms with Crippen molar-refractivity contribution in [1.82, 2.24) is 0 Å². The summed E-state index contributed by atoms with van der Waals surface area (Å²) >= 11 is 0. The number of aryl methyl sites for hydroxylation is 2.